The minimum absolute atomic E-state index is 0.242. The van der Waals surface area contributed by atoms with E-state index in [0.717, 1.165) is 38.9 Å². The maximum atomic E-state index is 11.2. The van der Waals surface area contributed by atoms with E-state index in [9.17, 15) is 4.79 Å². The fourth-order valence-electron chi connectivity index (χ4n) is 1.97. The number of carbonyl (C=O) groups is 1. The Balaban J connectivity index is 2.26. The van der Waals surface area contributed by atoms with Crippen LogP contribution in [0.2, 0.25) is 0 Å². The van der Waals surface area contributed by atoms with Gasteiger partial charge in [0.2, 0.25) is 0 Å². The fraction of sp³-hybridized carbons (Fsp3) is 0.818. The molecule has 0 spiro atoms. The molecule has 1 rings (SSSR count). The molecule has 0 aliphatic carbocycles. The van der Waals surface area contributed by atoms with Crippen molar-refractivity contribution < 1.29 is 4.79 Å². The summed E-state index contributed by atoms with van der Waals surface area (Å²) in [5.41, 5.74) is 0. The molecule has 0 radical (unpaired) electrons. The number of rotatable bonds is 4. The Hall–Kier alpha value is -0.880. The van der Waals surface area contributed by atoms with Crippen molar-refractivity contribution in [2.45, 2.75) is 32.6 Å². The molecule has 1 heterocycles. The van der Waals surface area contributed by atoms with Gasteiger partial charge >= 0.3 is 0 Å². The molecule has 1 atom stereocenters. The molecule has 1 aliphatic heterocycles. The normalized spacial score (nSPS) is 23.0. The molecular formula is C11H18N2O. The number of hydrogen-bond donors (Lipinski definition) is 0. The summed E-state index contributed by atoms with van der Waals surface area (Å²) in [5, 5.41) is 8.41. The highest BCUT2D eigenvalue weighted by atomic mass is 16.1. The third-order valence-corrected chi connectivity index (χ3v) is 2.84. The van der Waals surface area contributed by atoms with E-state index in [1.165, 1.54) is 0 Å². The van der Waals surface area contributed by atoms with Crippen molar-refractivity contribution in [3.05, 3.63) is 0 Å². The van der Waals surface area contributed by atoms with Crippen LogP contribution < -0.4 is 0 Å². The highest BCUT2D eigenvalue weighted by molar-refractivity contribution is 5.78. The lowest BCUT2D eigenvalue weighted by molar-refractivity contribution is -0.122. The number of hydrogen-bond acceptors (Lipinski definition) is 3. The molecule has 1 unspecified atom stereocenters. The van der Waals surface area contributed by atoms with E-state index >= 15 is 0 Å². The van der Waals surface area contributed by atoms with E-state index in [-0.39, 0.29) is 5.92 Å². The molecule has 78 valence electrons. The standard InChI is InChI=1S/C11H18N2O/c1-10(14)11-5-4-8-13(9-11)7-3-2-6-12/h11H,2-5,7-9H2,1H3. The highest BCUT2D eigenvalue weighted by Gasteiger charge is 2.22. The molecule has 0 aromatic heterocycles. The molecule has 0 bridgehead atoms. The van der Waals surface area contributed by atoms with Crippen LogP contribution >= 0.6 is 0 Å². The van der Waals surface area contributed by atoms with Crippen molar-refractivity contribution in [3.8, 4) is 6.07 Å². The molecular weight excluding hydrogens is 176 g/mol. The Morgan fingerprint density at radius 2 is 2.43 bits per heavy atom. The van der Waals surface area contributed by atoms with E-state index in [1.54, 1.807) is 6.92 Å². The van der Waals surface area contributed by atoms with E-state index in [0.29, 0.717) is 12.2 Å². The first kappa shape index (κ1) is 11.2. The summed E-state index contributed by atoms with van der Waals surface area (Å²) in [7, 11) is 0. The number of nitrogens with zero attached hydrogens (tertiary/aromatic N) is 2. The summed E-state index contributed by atoms with van der Waals surface area (Å²) in [6.07, 6.45) is 3.73. The van der Waals surface area contributed by atoms with Gasteiger partial charge in [0.25, 0.3) is 0 Å². The predicted molar refractivity (Wildman–Crippen MR) is 54.7 cm³/mol. The Morgan fingerprint density at radius 3 is 3.07 bits per heavy atom. The molecule has 0 saturated carbocycles. The number of piperidine rings is 1. The van der Waals surface area contributed by atoms with Crippen LogP contribution in [0, 0.1) is 17.2 Å². The third kappa shape index (κ3) is 3.47. The lowest BCUT2D eigenvalue weighted by Gasteiger charge is -2.31. The first-order chi connectivity index (χ1) is 6.74. The minimum atomic E-state index is 0.242. The maximum absolute atomic E-state index is 11.2. The van der Waals surface area contributed by atoms with Crippen LogP contribution in [-0.2, 0) is 4.79 Å². The van der Waals surface area contributed by atoms with Gasteiger partial charge in [-0.15, -0.1) is 0 Å². The van der Waals surface area contributed by atoms with Gasteiger partial charge in [0.1, 0.15) is 5.78 Å². The van der Waals surface area contributed by atoms with Gasteiger partial charge < -0.3 is 4.90 Å². The number of carbonyl (C=O) groups excluding carboxylic acids is 1. The third-order valence-electron chi connectivity index (χ3n) is 2.84. The smallest absolute Gasteiger partial charge is 0.134 e. The fourth-order valence-corrected chi connectivity index (χ4v) is 1.97. The quantitative estimate of drug-likeness (QED) is 0.638. The van der Waals surface area contributed by atoms with Crippen molar-refractivity contribution in [2.75, 3.05) is 19.6 Å². The first-order valence-corrected chi connectivity index (χ1v) is 5.34. The zero-order chi connectivity index (χ0) is 10.4. The first-order valence-electron chi connectivity index (χ1n) is 5.34. The monoisotopic (exact) mass is 194 g/mol. The van der Waals surface area contributed by atoms with Gasteiger partial charge in [-0.3, -0.25) is 4.79 Å². The zero-order valence-corrected chi connectivity index (χ0v) is 8.83. The predicted octanol–water partition coefficient (Wildman–Crippen LogP) is 1.59. The average Bonchev–Trinajstić information content (AvgIpc) is 2.19. The van der Waals surface area contributed by atoms with Crippen LogP contribution in [0.3, 0.4) is 0 Å². The maximum Gasteiger partial charge on any atom is 0.134 e. The van der Waals surface area contributed by atoms with Crippen molar-refractivity contribution in [1.82, 2.24) is 4.90 Å². The number of ketones is 1. The summed E-state index contributed by atoms with van der Waals surface area (Å²) in [6, 6.07) is 2.15. The van der Waals surface area contributed by atoms with Crippen LogP contribution in [0.5, 0.6) is 0 Å². The SMILES string of the molecule is CC(=O)C1CCCN(CCCC#N)C1. The van der Waals surface area contributed by atoms with E-state index in [2.05, 4.69) is 11.0 Å². The van der Waals surface area contributed by atoms with Gasteiger partial charge in [0.15, 0.2) is 0 Å². The molecule has 0 amide bonds. The van der Waals surface area contributed by atoms with E-state index in [4.69, 9.17) is 5.26 Å². The van der Waals surface area contributed by atoms with Gasteiger partial charge in [0, 0.05) is 18.9 Å². The lowest BCUT2D eigenvalue weighted by Crippen LogP contribution is -2.38. The number of Topliss-reactive ketones (excluding diaryl/α,β-unsaturated/α-hetero) is 1. The molecule has 14 heavy (non-hydrogen) atoms. The van der Waals surface area contributed by atoms with Gasteiger partial charge in [-0.25, -0.2) is 0 Å². The van der Waals surface area contributed by atoms with Gasteiger partial charge in [-0.2, -0.15) is 5.26 Å². The molecule has 3 heteroatoms. The van der Waals surface area contributed by atoms with Gasteiger partial charge in [0.05, 0.1) is 6.07 Å². The van der Waals surface area contributed by atoms with Crippen LogP contribution in [0.25, 0.3) is 0 Å². The number of nitriles is 1. The highest BCUT2D eigenvalue weighted by Crippen LogP contribution is 2.17. The van der Waals surface area contributed by atoms with E-state index in [1.807, 2.05) is 0 Å². The van der Waals surface area contributed by atoms with Crippen molar-refractivity contribution >= 4 is 5.78 Å². The zero-order valence-electron chi connectivity index (χ0n) is 8.83. The summed E-state index contributed by atoms with van der Waals surface area (Å²) < 4.78 is 0. The topological polar surface area (TPSA) is 44.1 Å². The van der Waals surface area contributed by atoms with Crippen molar-refractivity contribution in [2.24, 2.45) is 5.92 Å². The Kier molecular flexibility index (Phi) is 4.61. The Bertz CT molecular complexity index is 232. The minimum Gasteiger partial charge on any atom is -0.303 e. The number of unbranched alkanes of at least 4 members (excludes halogenated alkanes) is 1. The molecule has 0 N–H and O–H groups in total. The van der Waals surface area contributed by atoms with Crippen molar-refractivity contribution in [3.63, 3.8) is 0 Å². The number of likely N-dealkylation sites (tertiary alicyclic amines) is 1. The lowest BCUT2D eigenvalue weighted by atomic mass is 9.94. The summed E-state index contributed by atoms with van der Waals surface area (Å²) in [5.74, 6) is 0.556. The van der Waals surface area contributed by atoms with Crippen LogP contribution in [0.1, 0.15) is 32.6 Å². The summed E-state index contributed by atoms with van der Waals surface area (Å²) in [6.45, 7) is 4.65. The molecule has 1 saturated heterocycles. The largest absolute Gasteiger partial charge is 0.303 e. The van der Waals surface area contributed by atoms with Crippen LogP contribution in [0.4, 0.5) is 0 Å². The summed E-state index contributed by atoms with van der Waals surface area (Å²) >= 11 is 0. The van der Waals surface area contributed by atoms with Crippen LogP contribution in [0.15, 0.2) is 0 Å². The Labute approximate surface area is 85.7 Å². The Morgan fingerprint density at radius 1 is 1.64 bits per heavy atom. The second kappa shape index (κ2) is 5.77. The average molecular weight is 194 g/mol. The molecule has 3 nitrogen and oxygen atoms in total. The van der Waals surface area contributed by atoms with Crippen molar-refractivity contribution in [1.29, 1.82) is 5.26 Å². The molecule has 1 fully saturated rings. The molecule has 0 aromatic carbocycles. The second-order valence-corrected chi connectivity index (χ2v) is 4.01. The van der Waals surface area contributed by atoms with Crippen LogP contribution in [-0.4, -0.2) is 30.3 Å². The van der Waals surface area contributed by atoms with E-state index < -0.39 is 0 Å². The van der Waals surface area contributed by atoms with Gasteiger partial charge in [-0.05, 0) is 39.3 Å². The van der Waals surface area contributed by atoms with Gasteiger partial charge in [-0.1, -0.05) is 0 Å². The summed E-state index contributed by atoms with van der Waals surface area (Å²) in [4.78, 5) is 13.5. The molecule has 1 aliphatic rings. The molecule has 0 aromatic rings. The second-order valence-electron chi connectivity index (χ2n) is 4.01.